The molecule has 0 spiro atoms. The molecule has 4 nitrogen and oxygen atoms in total. The predicted molar refractivity (Wildman–Crippen MR) is 90.1 cm³/mol. The first kappa shape index (κ1) is 16.5. The van der Waals surface area contributed by atoms with E-state index in [-0.39, 0.29) is 6.04 Å². The van der Waals surface area contributed by atoms with E-state index in [1.165, 1.54) is 0 Å². The fraction of sp³-hybridized carbons (Fsp3) is 0.400. The van der Waals surface area contributed by atoms with Gasteiger partial charge < -0.3 is 0 Å². The maximum absolute atomic E-state index is 6.15. The topological polar surface area (TPSA) is 55.9 Å². The van der Waals surface area contributed by atoms with Gasteiger partial charge >= 0.3 is 0 Å². The number of benzene rings is 1. The highest BCUT2D eigenvalue weighted by atomic mass is 79.9. The Labute approximate surface area is 138 Å². The molecule has 0 bridgehead atoms. The van der Waals surface area contributed by atoms with Gasteiger partial charge in [-0.05, 0) is 53.0 Å². The first-order chi connectivity index (χ1) is 10.0. The van der Waals surface area contributed by atoms with Crippen molar-refractivity contribution in [1.82, 2.24) is 15.2 Å². The molecule has 0 aliphatic carbocycles. The van der Waals surface area contributed by atoms with Crippen LogP contribution in [0.15, 0.2) is 34.9 Å². The van der Waals surface area contributed by atoms with Gasteiger partial charge in [-0.25, -0.2) is 0 Å². The van der Waals surface area contributed by atoms with Crippen LogP contribution in [0.2, 0.25) is 5.02 Å². The van der Waals surface area contributed by atoms with Crippen LogP contribution in [0.4, 0.5) is 0 Å². The van der Waals surface area contributed by atoms with Gasteiger partial charge in [0.15, 0.2) is 0 Å². The number of hydrazine groups is 1. The number of hydrogen-bond acceptors (Lipinski definition) is 3. The number of halogens is 2. The number of nitrogens with two attached hydrogens (primary N) is 1. The van der Waals surface area contributed by atoms with Crippen molar-refractivity contribution in [2.24, 2.45) is 5.84 Å². The van der Waals surface area contributed by atoms with Gasteiger partial charge in [-0.15, -0.1) is 0 Å². The van der Waals surface area contributed by atoms with Crippen molar-refractivity contribution in [1.29, 1.82) is 0 Å². The molecule has 0 amide bonds. The van der Waals surface area contributed by atoms with E-state index in [0.717, 1.165) is 28.6 Å². The lowest BCUT2D eigenvalue weighted by Gasteiger charge is -2.16. The van der Waals surface area contributed by atoms with Gasteiger partial charge in [0.25, 0.3) is 0 Å². The average Bonchev–Trinajstić information content (AvgIpc) is 2.95. The van der Waals surface area contributed by atoms with E-state index in [1.54, 1.807) is 0 Å². The standard InChI is InChI=1S/C15H20BrClN4/c1-3-10(2)21-7-6-12(20-21)9-15(19-18)11-4-5-13(16)14(17)8-11/h4-8,10,15,19H,3,9,18H2,1-2H3. The van der Waals surface area contributed by atoms with Crippen molar-refractivity contribution in [3.8, 4) is 0 Å². The minimum absolute atomic E-state index is 0.0177. The number of nitrogens with zero attached hydrogens (tertiary/aromatic N) is 2. The normalized spacial score (nSPS) is 14.1. The van der Waals surface area contributed by atoms with E-state index in [4.69, 9.17) is 17.4 Å². The Morgan fingerprint density at radius 2 is 2.19 bits per heavy atom. The minimum atomic E-state index is -0.0177. The van der Waals surface area contributed by atoms with Gasteiger partial charge in [0.1, 0.15) is 0 Å². The van der Waals surface area contributed by atoms with Gasteiger partial charge in [-0.1, -0.05) is 24.6 Å². The molecular formula is C15H20BrClN4. The molecule has 1 aromatic carbocycles. The SMILES string of the molecule is CCC(C)n1ccc(CC(NN)c2ccc(Br)c(Cl)c2)n1. The Morgan fingerprint density at radius 3 is 2.81 bits per heavy atom. The Balaban J connectivity index is 2.15. The zero-order chi connectivity index (χ0) is 15.4. The van der Waals surface area contributed by atoms with Crippen LogP contribution < -0.4 is 11.3 Å². The smallest absolute Gasteiger partial charge is 0.0644 e. The summed E-state index contributed by atoms with van der Waals surface area (Å²) in [4.78, 5) is 0. The quantitative estimate of drug-likeness (QED) is 0.595. The molecule has 6 heteroatoms. The second kappa shape index (κ2) is 7.40. The lowest BCUT2D eigenvalue weighted by Crippen LogP contribution is -2.29. The molecular weight excluding hydrogens is 352 g/mol. The first-order valence-electron chi connectivity index (χ1n) is 7.00. The fourth-order valence-electron chi connectivity index (χ4n) is 2.13. The van der Waals surface area contributed by atoms with Gasteiger partial charge in [0.05, 0.1) is 16.8 Å². The second-order valence-electron chi connectivity index (χ2n) is 5.14. The highest BCUT2D eigenvalue weighted by molar-refractivity contribution is 9.10. The zero-order valence-corrected chi connectivity index (χ0v) is 14.5. The van der Waals surface area contributed by atoms with Crippen LogP contribution in [0.5, 0.6) is 0 Å². The van der Waals surface area contributed by atoms with Crippen molar-refractivity contribution < 1.29 is 0 Å². The van der Waals surface area contributed by atoms with Crippen molar-refractivity contribution in [2.45, 2.75) is 38.8 Å². The molecule has 3 N–H and O–H groups in total. The third kappa shape index (κ3) is 4.07. The molecule has 0 saturated heterocycles. The molecule has 21 heavy (non-hydrogen) atoms. The molecule has 1 aromatic heterocycles. The fourth-order valence-corrected chi connectivity index (χ4v) is 2.57. The van der Waals surface area contributed by atoms with Crippen LogP contribution in [-0.4, -0.2) is 9.78 Å². The highest BCUT2D eigenvalue weighted by Gasteiger charge is 2.14. The van der Waals surface area contributed by atoms with Crippen LogP contribution in [0.3, 0.4) is 0 Å². The molecule has 1 heterocycles. The van der Waals surface area contributed by atoms with Gasteiger partial charge in [0.2, 0.25) is 0 Å². The Hall–Kier alpha value is -0.880. The molecule has 0 aliphatic rings. The van der Waals surface area contributed by atoms with Crippen LogP contribution in [0.1, 0.15) is 43.6 Å². The van der Waals surface area contributed by atoms with E-state index in [9.17, 15) is 0 Å². The van der Waals surface area contributed by atoms with E-state index in [1.807, 2.05) is 35.1 Å². The third-order valence-corrected chi connectivity index (χ3v) is 4.90. The molecule has 0 radical (unpaired) electrons. The molecule has 2 atom stereocenters. The summed E-state index contributed by atoms with van der Waals surface area (Å²) in [5, 5.41) is 5.29. The largest absolute Gasteiger partial charge is 0.271 e. The molecule has 2 rings (SSSR count). The summed E-state index contributed by atoms with van der Waals surface area (Å²) in [5.41, 5.74) is 4.90. The van der Waals surface area contributed by atoms with Crippen molar-refractivity contribution in [3.63, 3.8) is 0 Å². The summed E-state index contributed by atoms with van der Waals surface area (Å²) in [6.45, 7) is 4.31. The zero-order valence-electron chi connectivity index (χ0n) is 12.2. The summed E-state index contributed by atoms with van der Waals surface area (Å²) in [6, 6.07) is 8.28. The van der Waals surface area contributed by atoms with E-state index >= 15 is 0 Å². The van der Waals surface area contributed by atoms with Crippen molar-refractivity contribution in [3.05, 3.63) is 51.2 Å². The Morgan fingerprint density at radius 1 is 1.43 bits per heavy atom. The maximum Gasteiger partial charge on any atom is 0.0644 e. The molecule has 2 aromatic rings. The van der Waals surface area contributed by atoms with Crippen molar-refractivity contribution >= 4 is 27.5 Å². The summed E-state index contributed by atoms with van der Waals surface area (Å²) in [5.74, 6) is 5.69. The average molecular weight is 372 g/mol. The number of aromatic nitrogens is 2. The molecule has 0 saturated carbocycles. The first-order valence-corrected chi connectivity index (χ1v) is 8.17. The number of rotatable bonds is 6. The van der Waals surface area contributed by atoms with E-state index in [2.05, 4.69) is 40.3 Å². The maximum atomic E-state index is 6.15. The van der Waals surface area contributed by atoms with Crippen LogP contribution in [-0.2, 0) is 6.42 Å². The van der Waals surface area contributed by atoms with Crippen molar-refractivity contribution in [2.75, 3.05) is 0 Å². The summed E-state index contributed by atoms with van der Waals surface area (Å²) in [6.07, 6.45) is 3.80. The van der Waals surface area contributed by atoms with E-state index < -0.39 is 0 Å². The highest BCUT2D eigenvalue weighted by Crippen LogP contribution is 2.27. The molecule has 0 aliphatic heterocycles. The summed E-state index contributed by atoms with van der Waals surface area (Å²) >= 11 is 9.54. The number of nitrogens with one attached hydrogen (secondary N) is 1. The van der Waals surface area contributed by atoms with Crippen LogP contribution in [0, 0.1) is 0 Å². The monoisotopic (exact) mass is 370 g/mol. The van der Waals surface area contributed by atoms with Gasteiger partial charge in [-0.2, -0.15) is 5.10 Å². The Bertz CT molecular complexity index is 599. The minimum Gasteiger partial charge on any atom is -0.271 e. The van der Waals surface area contributed by atoms with Gasteiger partial charge in [0, 0.05) is 23.1 Å². The second-order valence-corrected chi connectivity index (χ2v) is 6.40. The summed E-state index contributed by atoms with van der Waals surface area (Å²) < 4.78 is 2.88. The van der Waals surface area contributed by atoms with E-state index in [0.29, 0.717) is 11.1 Å². The molecule has 0 fully saturated rings. The lowest BCUT2D eigenvalue weighted by atomic mass is 10.0. The van der Waals surface area contributed by atoms with Crippen LogP contribution >= 0.6 is 27.5 Å². The Kier molecular flexibility index (Phi) is 5.81. The molecule has 114 valence electrons. The lowest BCUT2D eigenvalue weighted by molar-refractivity contribution is 0.467. The van der Waals surface area contributed by atoms with Gasteiger partial charge in [-0.3, -0.25) is 16.0 Å². The summed E-state index contributed by atoms with van der Waals surface area (Å²) in [7, 11) is 0. The third-order valence-electron chi connectivity index (χ3n) is 3.67. The van der Waals surface area contributed by atoms with Crippen LogP contribution in [0.25, 0.3) is 0 Å². The number of hydrogen-bond donors (Lipinski definition) is 2. The predicted octanol–water partition coefficient (Wildman–Crippen LogP) is 4.02. The molecule has 2 unspecified atom stereocenters.